The summed E-state index contributed by atoms with van der Waals surface area (Å²) < 4.78 is 7.30. The van der Waals surface area contributed by atoms with Gasteiger partial charge in [0.1, 0.15) is 18.1 Å². The Morgan fingerprint density at radius 1 is 1.16 bits per heavy atom. The molecule has 2 aromatic carbocycles. The van der Waals surface area contributed by atoms with Crippen molar-refractivity contribution in [1.29, 1.82) is 0 Å². The fourth-order valence-corrected chi connectivity index (χ4v) is 4.29. The van der Waals surface area contributed by atoms with E-state index in [0.717, 1.165) is 22.5 Å². The fourth-order valence-electron chi connectivity index (χ4n) is 4.29. The highest BCUT2D eigenvalue weighted by molar-refractivity contribution is 5.96. The second-order valence-corrected chi connectivity index (χ2v) is 7.72. The van der Waals surface area contributed by atoms with E-state index in [2.05, 4.69) is 0 Å². The summed E-state index contributed by atoms with van der Waals surface area (Å²) in [6, 6.07) is 15.4. The van der Waals surface area contributed by atoms with Gasteiger partial charge in [0.2, 0.25) is 11.8 Å². The zero-order chi connectivity index (χ0) is 22.0. The molecule has 1 aliphatic rings. The molecule has 0 unspecified atom stereocenters. The summed E-state index contributed by atoms with van der Waals surface area (Å²) in [6.07, 6.45) is 0.361. The van der Waals surface area contributed by atoms with Crippen molar-refractivity contribution in [3.05, 3.63) is 54.4 Å². The number of fused-ring (bicyclic) bond motifs is 1. The highest BCUT2D eigenvalue weighted by Gasteiger charge is 2.35. The Kier molecular flexibility index (Phi) is 5.93. The Balaban J connectivity index is 1.68. The molecule has 1 aliphatic heterocycles. The lowest BCUT2D eigenvalue weighted by atomic mass is 10.1. The van der Waals surface area contributed by atoms with Crippen LogP contribution in [-0.4, -0.2) is 53.0 Å². The van der Waals surface area contributed by atoms with Crippen LogP contribution in [0, 0.1) is 0 Å². The number of hydrogen-bond donors (Lipinski definition) is 0. The van der Waals surface area contributed by atoms with E-state index in [4.69, 9.17) is 9.72 Å². The molecular weight excluding hydrogens is 392 g/mol. The molecule has 3 aromatic rings. The molecule has 1 fully saturated rings. The van der Waals surface area contributed by atoms with Gasteiger partial charge in [0.15, 0.2) is 0 Å². The average Bonchev–Trinajstić information content (AvgIpc) is 3.35. The van der Waals surface area contributed by atoms with Gasteiger partial charge in [-0.15, -0.1) is 0 Å². The lowest BCUT2D eigenvalue weighted by Crippen LogP contribution is -2.34. The number of likely N-dealkylation sites (N-methyl/N-ethyl adjacent to an activating group) is 1. The van der Waals surface area contributed by atoms with Crippen LogP contribution < -0.4 is 9.64 Å². The molecule has 2 amide bonds. The number of carbonyl (C=O) groups is 2. The van der Waals surface area contributed by atoms with Crippen LogP contribution in [0.1, 0.15) is 32.0 Å². The lowest BCUT2D eigenvalue weighted by molar-refractivity contribution is -0.131. The largest absolute Gasteiger partial charge is 0.497 e. The third-order valence-corrected chi connectivity index (χ3v) is 5.95. The van der Waals surface area contributed by atoms with E-state index < -0.39 is 0 Å². The van der Waals surface area contributed by atoms with Gasteiger partial charge in [-0.3, -0.25) is 9.59 Å². The fraction of sp³-hybridized carbons (Fsp3) is 0.375. The molecule has 7 nitrogen and oxygen atoms in total. The molecule has 31 heavy (non-hydrogen) atoms. The molecule has 1 saturated heterocycles. The Bertz CT molecular complexity index is 1100. The first-order chi connectivity index (χ1) is 15.0. The maximum absolute atomic E-state index is 12.9. The van der Waals surface area contributed by atoms with Gasteiger partial charge in [0.05, 0.1) is 18.1 Å². The molecule has 7 heteroatoms. The van der Waals surface area contributed by atoms with Gasteiger partial charge in [-0.2, -0.15) is 0 Å². The first-order valence-electron chi connectivity index (χ1n) is 10.7. The molecule has 2 heterocycles. The van der Waals surface area contributed by atoms with Crippen molar-refractivity contribution < 1.29 is 14.3 Å². The van der Waals surface area contributed by atoms with Crippen LogP contribution in [0.2, 0.25) is 0 Å². The van der Waals surface area contributed by atoms with Crippen LogP contribution in [0.3, 0.4) is 0 Å². The summed E-state index contributed by atoms with van der Waals surface area (Å²) in [5.41, 5.74) is 2.58. The van der Waals surface area contributed by atoms with Gasteiger partial charge in [-0.1, -0.05) is 18.2 Å². The third kappa shape index (κ3) is 4.00. The molecule has 1 atom stereocenters. The summed E-state index contributed by atoms with van der Waals surface area (Å²) in [6.45, 7) is 6.05. The molecule has 0 bridgehead atoms. The average molecular weight is 421 g/mol. The number of imidazole rings is 1. The van der Waals surface area contributed by atoms with E-state index in [1.807, 2.05) is 71.8 Å². The van der Waals surface area contributed by atoms with E-state index in [0.29, 0.717) is 31.8 Å². The van der Waals surface area contributed by atoms with Crippen LogP contribution in [0.15, 0.2) is 48.5 Å². The maximum atomic E-state index is 12.9. The summed E-state index contributed by atoms with van der Waals surface area (Å²) in [7, 11) is 1.61. The van der Waals surface area contributed by atoms with Gasteiger partial charge in [0.25, 0.3) is 0 Å². The van der Waals surface area contributed by atoms with Crippen molar-refractivity contribution in [2.45, 2.75) is 32.7 Å². The van der Waals surface area contributed by atoms with Crippen molar-refractivity contribution in [3.8, 4) is 5.75 Å². The second-order valence-electron chi connectivity index (χ2n) is 7.72. The van der Waals surface area contributed by atoms with Crippen molar-refractivity contribution in [3.63, 3.8) is 0 Å². The number of nitrogens with zero attached hydrogens (tertiary/aromatic N) is 4. The predicted molar refractivity (Wildman–Crippen MR) is 120 cm³/mol. The standard InChI is InChI=1S/C24H28N4O3/c1-4-26(5-2)23(30)16-28-21-12-7-6-11-20(21)25-24(28)17-13-22(29)27(15-17)18-9-8-10-19(14-18)31-3/h6-12,14,17H,4-5,13,15-16H2,1-3H3/t17-/m0/s1. The quantitative estimate of drug-likeness (QED) is 0.587. The highest BCUT2D eigenvalue weighted by atomic mass is 16.5. The summed E-state index contributed by atoms with van der Waals surface area (Å²) >= 11 is 0. The maximum Gasteiger partial charge on any atom is 0.242 e. The van der Waals surface area contributed by atoms with Gasteiger partial charge < -0.3 is 19.1 Å². The smallest absolute Gasteiger partial charge is 0.242 e. The van der Waals surface area contributed by atoms with Crippen molar-refractivity contribution in [1.82, 2.24) is 14.5 Å². The van der Waals surface area contributed by atoms with Gasteiger partial charge in [0, 0.05) is 43.7 Å². The number of anilines is 1. The minimum atomic E-state index is -0.0874. The van der Waals surface area contributed by atoms with Gasteiger partial charge >= 0.3 is 0 Å². The van der Waals surface area contributed by atoms with Crippen molar-refractivity contribution in [2.75, 3.05) is 31.6 Å². The topological polar surface area (TPSA) is 67.7 Å². The summed E-state index contributed by atoms with van der Waals surface area (Å²) in [5, 5.41) is 0. The first kappa shape index (κ1) is 20.9. The zero-order valence-electron chi connectivity index (χ0n) is 18.2. The molecular formula is C24H28N4O3. The number of rotatable bonds is 7. The van der Waals surface area contributed by atoms with E-state index in [9.17, 15) is 9.59 Å². The number of aromatic nitrogens is 2. The normalized spacial score (nSPS) is 16.2. The highest BCUT2D eigenvalue weighted by Crippen LogP contribution is 2.34. The van der Waals surface area contributed by atoms with Crippen LogP contribution >= 0.6 is 0 Å². The number of hydrogen-bond acceptors (Lipinski definition) is 4. The predicted octanol–water partition coefficient (Wildman–Crippen LogP) is 3.43. The number of para-hydroxylation sites is 2. The number of ether oxygens (including phenoxy) is 1. The number of methoxy groups -OCH3 is 1. The lowest BCUT2D eigenvalue weighted by Gasteiger charge is -2.21. The monoisotopic (exact) mass is 420 g/mol. The van der Waals surface area contributed by atoms with Crippen LogP contribution in [-0.2, 0) is 16.1 Å². The Labute approximate surface area is 182 Å². The third-order valence-electron chi connectivity index (χ3n) is 5.95. The SMILES string of the molecule is CCN(CC)C(=O)Cn1c([C@H]2CC(=O)N(c3cccc(OC)c3)C2)nc2ccccc21. The summed E-state index contributed by atoms with van der Waals surface area (Å²) in [5.74, 6) is 1.53. The number of benzene rings is 2. The van der Waals surface area contributed by atoms with Crippen molar-refractivity contribution in [2.24, 2.45) is 0 Å². The van der Waals surface area contributed by atoms with Gasteiger partial charge in [-0.05, 0) is 38.1 Å². The van der Waals surface area contributed by atoms with Crippen molar-refractivity contribution >= 4 is 28.5 Å². The minimum absolute atomic E-state index is 0.0481. The molecule has 1 aromatic heterocycles. The van der Waals surface area contributed by atoms with E-state index in [1.165, 1.54) is 0 Å². The molecule has 0 saturated carbocycles. The number of carbonyl (C=O) groups excluding carboxylic acids is 2. The number of amides is 2. The Morgan fingerprint density at radius 2 is 1.94 bits per heavy atom. The molecule has 162 valence electrons. The molecule has 0 spiro atoms. The van der Waals surface area contributed by atoms with Crippen LogP contribution in [0.4, 0.5) is 5.69 Å². The van der Waals surface area contributed by atoms with Crippen LogP contribution in [0.25, 0.3) is 11.0 Å². The van der Waals surface area contributed by atoms with E-state index >= 15 is 0 Å². The summed E-state index contributed by atoms with van der Waals surface area (Å²) in [4.78, 5) is 34.2. The molecule has 0 aliphatic carbocycles. The van der Waals surface area contributed by atoms with Gasteiger partial charge in [-0.25, -0.2) is 4.98 Å². The minimum Gasteiger partial charge on any atom is -0.497 e. The van der Waals surface area contributed by atoms with Crippen LogP contribution in [0.5, 0.6) is 5.75 Å². The Hall–Kier alpha value is -3.35. The Morgan fingerprint density at radius 3 is 2.68 bits per heavy atom. The molecule has 4 rings (SSSR count). The first-order valence-corrected chi connectivity index (χ1v) is 10.7. The van der Waals surface area contributed by atoms with E-state index in [1.54, 1.807) is 12.0 Å². The zero-order valence-corrected chi connectivity index (χ0v) is 18.2. The van der Waals surface area contributed by atoms with E-state index in [-0.39, 0.29) is 24.3 Å². The second kappa shape index (κ2) is 8.79. The molecule has 0 radical (unpaired) electrons. The molecule has 0 N–H and O–H groups in total.